The van der Waals surface area contributed by atoms with Crippen LogP contribution in [-0.2, 0) is 22.8 Å². The molecule has 9 heteroatoms. The first-order valence-corrected chi connectivity index (χ1v) is 10.3. The van der Waals surface area contributed by atoms with Crippen LogP contribution in [0, 0.1) is 6.92 Å². The molecule has 1 aliphatic heterocycles. The Morgan fingerprint density at radius 3 is 2.31 bits per heavy atom. The number of aryl methyl sites for hydroxylation is 2. The molecule has 0 radical (unpaired) electrons. The first kappa shape index (κ1) is 18.9. The van der Waals surface area contributed by atoms with Crippen LogP contribution in [0.25, 0.3) is 0 Å². The van der Waals surface area contributed by atoms with Gasteiger partial charge in [-0.05, 0) is 12.5 Å². The molecule has 0 atom stereocenters. The molecule has 2 aromatic rings. The Kier molecular flexibility index (Phi) is 5.36. The van der Waals surface area contributed by atoms with Crippen LogP contribution in [-0.4, -0.2) is 59.5 Å². The first-order valence-electron chi connectivity index (χ1n) is 8.29. The fourth-order valence-electron chi connectivity index (χ4n) is 3.08. The maximum atomic E-state index is 12.7. The van der Waals surface area contributed by atoms with Gasteiger partial charge in [-0.1, -0.05) is 41.9 Å². The molecule has 1 fully saturated rings. The fraction of sp³-hybridized carbons (Fsp3) is 0.412. The lowest BCUT2D eigenvalue weighted by molar-refractivity contribution is 0.0697. The molecule has 1 aliphatic rings. The molecule has 26 heavy (non-hydrogen) atoms. The third-order valence-electron chi connectivity index (χ3n) is 4.48. The van der Waals surface area contributed by atoms with E-state index < -0.39 is 10.0 Å². The molecule has 7 nitrogen and oxygen atoms in total. The molecule has 1 aromatic heterocycles. The first-order chi connectivity index (χ1) is 12.3. The predicted molar refractivity (Wildman–Crippen MR) is 99.5 cm³/mol. The number of hydrogen-bond acceptors (Lipinski definition) is 4. The number of sulfonamides is 1. The van der Waals surface area contributed by atoms with Crippen LogP contribution in [0.2, 0.25) is 5.15 Å². The second-order valence-electron chi connectivity index (χ2n) is 6.31. The Labute approximate surface area is 158 Å². The van der Waals surface area contributed by atoms with Crippen molar-refractivity contribution in [2.45, 2.75) is 12.7 Å². The summed E-state index contributed by atoms with van der Waals surface area (Å²) in [5, 5.41) is 4.46. The van der Waals surface area contributed by atoms with Gasteiger partial charge in [-0.25, -0.2) is 8.42 Å². The molecule has 0 aliphatic carbocycles. The van der Waals surface area contributed by atoms with Gasteiger partial charge in [-0.2, -0.15) is 9.40 Å². The summed E-state index contributed by atoms with van der Waals surface area (Å²) in [6, 6.07) is 9.09. The van der Waals surface area contributed by atoms with E-state index in [4.69, 9.17) is 11.6 Å². The molecule has 0 spiro atoms. The molecule has 0 saturated carbocycles. The van der Waals surface area contributed by atoms with E-state index in [1.54, 1.807) is 31.0 Å². The molecule has 140 valence electrons. The zero-order valence-electron chi connectivity index (χ0n) is 14.7. The Morgan fingerprint density at radius 2 is 1.77 bits per heavy atom. The zero-order valence-corrected chi connectivity index (χ0v) is 16.3. The highest BCUT2D eigenvalue weighted by molar-refractivity contribution is 7.88. The van der Waals surface area contributed by atoms with Gasteiger partial charge >= 0.3 is 0 Å². The maximum absolute atomic E-state index is 12.7. The van der Waals surface area contributed by atoms with E-state index in [-0.39, 0.29) is 24.7 Å². The van der Waals surface area contributed by atoms with E-state index >= 15 is 0 Å². The summed E-state index contributed by atoms with van der Waals surface area (Å²) in [5.41, 5.74) is 1.71. The Morgan fingerprint density at radius 1 is 1.15 bits per heavy atom. The summed E-state index contributed by atoms with van der Waals surface area (Å²) in [7, 11) is -1.73. The highest BCUT2D eigenvalue weighted by atomic mass is 35.5. The molecule has 1 amide bonds. The Bertz CT molecular complexity index is 904. The summed E-state index contributed by atoms with van der Waals surface area (Å²) < 4.78 is 28.1. The van der Waals surface area contributed by atoms with Crippen molar-refractivity contribution in [3.63, 3.8) is 0 Å². The van der Waals surface area contributed by atoms with Crippen molar-refractivity contribution in [2.24, 2.45) is 7.05 Å². The van der Waals surface area contributed by atoms with Crippen LogP contribution in [0.15, 0.2) is 30.3 Å². The van der Waals surface area contributed by atoms with E-state index in [0.29, 0.717) is 29.5 Å². The number of amides is 1. The molecule has 2 heterocycles. The standard InChI is InChI=1S/C17H21ClN4O3S/c1-13-15(16(18)20(2)19-13)17(23)21-8-10-22(11-9-21)26(24,25)12-14-6-4-3-5-7-14/h3-7H,8-12H2,1-2H3. The van der Waals surface area contributed by atoms with E-state index in [2.05, 4.69) is 5.10 Å². The van der Waals surface area contributed by atoms with Crippen LogP contribution in [0.4, 0.5) is 0 Å². The predicted octanol–water partition coefficient (Wildman–Crippen LogP) is 1.67. The van der Waals surface area contributed by atoms with Gasteiger partial charge in [0.15, 0.2) is 0 Å². The normalized spacial score (nSPS) is 16.0. The van der Waals surface area contributed by atoms with E-state index in [0.717, 1.165) is 5.56 Å². The van der Waals surface area contributed by atoms with Crippen molar-refractivity contribution in [1.29, 1.82) is 0 Å². The van der Waals surface area contributed by atoms with Crippen LogP contribution in [0.1, 0.15) is 21.6 Å². The zero-order chi connectivity index (χ0) is 18.9. The number of halogens is 1. The molecule has 1 aromatic carbocycles. The molecular formula is C17H21ClN4O3S. The minimum Gasteiger partial charge on any atom is -0.336 e. The second kappa shape index (κ2) is 7.38. The molecule has 3 rings (SSSR count). The van der Waals surface area contributed by atoms with E-state index in [9.17, 15) is 13.2 Å². The molecule has 0 unspecified atom stereocenters. The lowest BCUT2D eigenvalue weighted by Gasteiger charge is -2.34. The summed E-state index contributed by atoms with van der Waals surface area (Å²) in [4.78, 5) is 14.4. The lowest BCUT2D eigenvalue weighted by Crippen LogP contribution is -2.50. The van der Waals surface area contributed by atoms with Crippen LogP contribution in [0.5, 0.6) is 0 Å². The smallest absolute Gasteiger partial charge is 0.258 e. The number of hydrogen-bond donors (Lipinski definition) is 0. The third kappa shape index (κ3) is 3.77. The molecule has 0 N–H and O–H groups in total. The van der Waals surface area contributed by atoms with E-state index in [1.165, 1.54) is 8.99 Å². The number of nitrogens with zero attached hydrogens (tertiary/aromatic N) is 4. The number of aromatic nitrogens is 2. The third-order valence-corrected chi connectivity index (χ3v) is 6.76. The second-order valence-corrected chi connectivity index (χ2v) is 8.63. The fourth-order valence-corrected chi connectivity index (χ4v) is 4.85. The molecule has 0 bridgehead atoms. The highest BCUT2D eigenvalue weighted by Gasteiger charge is 2.31. The summed E-state index contributed by atoms with van der Waals surface area (Å²) in [5.74, 6) is -0.240. The number of benzene rings is 1. The van der Waals surface area contributed by atoms with Crippen molar-refractivity contribution < 1.29 is 13.2 Å². The van der Waals surface area contributed by atoms with Crippen LogP contribution in [0.3, 0.4) is 0 Å². The maximum Gasteiger partial charge on any atom is 0.258 e. The average Bonchev–Trinajstić information content (AvgIpc) is 2.87. The van der Waals surface area contributed by atoms with Crippen LogP contribution < -0.4 is 0 Å². The van der Waals surface area contributed by atoms with Gasteiger partial charge in [0.25, 0.3) is 5.91 Å². The van der Waals surface area contributed by atoms with Gasteiger partial charge in [-0.3, -0.25) is 9.48 Å². The number of carbonyl (C=O) groups excluding carboxylic acids is 1. The van der Waals surface area contributed by atoms with Gasteiger partial charge in [0.2, 0.25) is 10.0 Å². The van der Waals surface area contributed by atoms with Crippen molar-refractivity contribution in [2.75, 3.05) is 26.2 Å². The monoisotopic (exact) mass is 396 g/mol. The highest BCUT2D eigenvalue weighted by Crippen LogP contribution is 2.22. The lowest BCUT2D eigenvalue weighted by atomic mass is 10.2. The summed E-state index contributed by atoms with van der Waals surface area (Å²) in [6.07, 6.45) is 0. The average molecular weight is 397 g/mol. The minimum absolute atomic E-state index is 0.0324. The van der Waals surface area contributed by atoms with Crippen LogP contribution >= 0.6 is 11.6 Å². The van der Waals surface area contributed by atoms with Crippen molar-refractivity contribution >= 4 is 27.5 Å². The number of rotatable bonds is 4. The quantitative estimate of drug-likeness (QED) is 0.787. The van der Waals surface area contributed by atoms with Gasteiger partial charge < -0.3 is 4.90 Å². The van der Waals surface area contributed by atoms with Gasteiger partial charge in [0.1, 0.15) is 5.15 Å². The largest absolute Gasteiger partial charge is 0.336 e. The number of piperazine rings is 1. The summed E-state index contributed by atoms with van der Waals surface area (Å²) >= 11 is 6.17. The van der Waals surface area contributed by atoms with Gasteiger partial charge in [0, 0.05) is 33.2 Å². The SMILES string of the molecule is Cc1nn(C)c(Cl)c1C(=O)N1CCN(S(=O)(=O)Cc2ccccc2)CC1. The minimum atomic E-state index is -3.41. The Balaban J connectivity index is 1.66. The molecule has 1 saturated heterocycles. The van der Waals surface area contributed by atoms with Crippen molar-refractivity contribution in [1.82, 2.24) is 19.0 Å². The summed E-state index contributed by atoms with van der Waals surface area (Å²) in [6.45, 7) is 2.95. The van der Waals surface area contributed by atoms with Gasteiger partial charge in [0.05, 0.1) is 17.0 Å². The molecular weight excluding hydrogens is 376 g/mol. The van der Waals surface area contributed by atoms with Crippen molar-refractivity contribution in [3.05, 3.63) is 52.3 Å². The number of carbonyl (C=O) groups is 1. The van der Waals surface area contributed by atoms with Gasteiger partial charge in [-0.15, -0.1) is 0 Å². The topological polar surface area (TPSA) is 75.5 Å². The Hall–Kier alpha value is -1.90. The van der Waals surface area contributed by atoms with Crippen molar-refractivity contribution in [3.8, 4) is 0 Å². The van der Waals surface area contributed by atoms with E-state index in [1.807, 2.05) is 18.2 Å².